The van der Waals surface area contributed by atoms with Crippen molar-refractivity contribution in [2.45, 2.75) is 40.3 Å². The number of hydrogen-bond acceptors (Lipinski definition) is 3. The number of aryl methyl sites for hydroxylation is 2. The third kappa shape index (κ3) is 4.57. The average molecular weight is 284 g/mol. The molecule has 3 heteroatoms. The molecule has 0 aliphatic carbocycles. The first kappa shape index (κ1) is 15.5. The molecular weight excluding hydrogens is 260 g/mol. The number of aromatic nitrogens is 1. The highest BCUT2D eigenvalue weighted by Crippen LogP contribution is 2.25. The Balaban J connectivity index is 2.03. The van der Waals surface area contributed by atoms with E-state index in [1.807, 2.05) is 18.3 Å². The fourth-order valence-electron chi connectivity index (χ4n) is 2.42. The molecule has 3 nitrogen and oxygen atoms in total. The van der Waals surface area contributed by atoms with Crippen LogP contribution in [0.4, 0.5) is 0 Å². The highest BCUT2D eigenvalue weighted by Gasteiger charge is 2.07. The van der Waals surface area contributed by atoms with Crippen LogP contribution in [0.1, 0.15) is 35.6 Å². The molecule has 0 saturated heterocycles. The minimum Gasteiger partial charge on any atom is -0.488 e. The van der Waals surface area contributed by atoms with Gasteiger partial charge in [0, 0.05) is 24.5 Å². The minimum absolute atomic E-state index is 0.558. The number of nitrogens with zero attached hydrogens (tertiary/aromatic N) is 1. The molecule has 2 aromatic rings. The molecule has 0 aliphatic heterocycles. The first-order valence-electron chi connectivity index (χ1n) is 7.53. The summed E-state index contributed by atoms with van der Waals surface area (Å²) in [5, 5.41) is 3.43. The molecule has 2 rings (SSSR count). The Morgan fingerprint density at radius 2 is 1.90 bits per heavy atom. The Kier molecular flexibility index (Phi) is 5.76. The van der Waals surface area contributed by atoms with Gasteiger partial charge in [-0.3, -0.25) is 4.98 Å². The molecule has 112 valence electrons. The van der Waals surface area contributed by atoms with Crippen LogP contribution in [-0.4, -0.2) is 11.5 Å². The lowest BCUT2D eigenvalue weighted by atomic mass is 10.1. The zero-order chi connectivity index (χ0) is 15.1. The summed E-state index contributed by atoms with van der Waals surface area (Å²) >= 11 is 0. The van der Waals surface area contributed by atoms with Crippen molar-refractivity contribution in [3.8, 4) is 5.75 Å². The van der Waals surface area contributed by atoms with Crippen LogP contribution in [0.15, 0.2) is 36.7 Å². The van der Waals surface area contributed by atoms with Crippen LogP contribution in [0.3, 0.4) is 0 Å². The monoisotopic (exact) mass is 284 g/mol. The van der Waals surface area contributed by atoms with Crippen LogP contribution in [-0.2, 0) is 13.2 Å². The lowest BCUT2D eigenvalue weighted by Crippen LogP contribution is -2.14. The highest BCUT2D eigenvalue weighted by atomic mass is 16.5. The summed E-state index contributed by atoms with van der Waals surface area (Å²) in [6.07, 6.45) is 4.77. The lowest BCUT2D eigenvalue weighted by Gasteiger charge is -2.14. The van der Waals surface area contributed by atoms with Crippen molar-refractivity contribution >= 4 is 0 Å². The van der Waals surface area contributed by atoms with Crippen molar-refractivity contribution in [3.05, 3.63) is 58.9 Å². The zero-order valence-corrected chi connectivity index (χ0v) is 13.1. The van der Waals surface area contributed by atoms with E-state index < -0.39 is 0 Å². The van der Waals surface area contributed by atoms with E-state index in [1.54, 1.807) is 6.20 Å². The van der Waals surface area contributed by atoms with Gasteiger partial charge >= 0.3 is 0 Å². The summed E-state index contributed by atoms with van der Waals surface area (Å²) < 4.78 is 5.97. The summed E-state index contributed by atoms with van der Waals surface area (Å²) in [7, 11) is 0. The van der Waals surface area contributed by atoms with Gasteiger partial charge in [0.05, 0.1) is 0 Å². The molecule has 21 heavy (non-hydrogen) atoms. The summed E-state index contributed by atoms with van der Waals surface area (Å²) in [5.74, 6) is 0.984. The Morgan fingerprint density at radius 3 is 2.52 bits per heavy atom. The molecule has 0 spiro atoms. The molecule has 0 saturated carbocycles. The Hall–Kier alpha value is -1.87. The molecule has 1 aromatic heterocycles. The van der Waals surface area contributed by atoms with Gasteiger partial charge in [0.25, 0.3) is 0 Å². The number of hydrogen-bond donors (Lipinski definition) is 1. The van der Waals surface area contributed by atoms with Crippen LogP contribution < -0.4 is 10.1 Å². The third-order valence-electron chi connectivity index (χ3n) is 3.38. The number of rotatable bonds is 7. The number of benzene rings is 1. The van der Waals surface area contributed by atoms with Crippen LogP contribution in [0.5, 0.6) is 5.75 Å². The maximum Gasteiger partial charge on any atom is 0.125 e. The Morgan fingerprint density at radius 1 is 1.14 bits per heavy atom. The zero-order valence-electron chi connectivity index (χ0n) is 13.1. The van der Waals surface area contributed by atoms with Gasteiger partial charge in [-0.2, -0.15) is 0 Å². The van der Waals surface area contributed by atoms with Crippen molar-refractivity contribution in [1.82, 2.24) is 10.3 Å². The van der Waals surface area contributed by atoms with Crippen LogP contribution in [0, 0.1) is 13.8 Å². The summed E-state index contributed by atoms with van der Waals surface area (Å²) in [6.45, 7) is 8.92. The van der Waals surface area contributed by atoms with Gasteiger partial charge in [0.2, 0.25) is 0 Å². The fourth-order valence-corrected chi connectivity index (χ4v) is 2.42. The van der Waals surface area contributed by atoms with Gasteiger partial charge < -0.3 is 10.1 Å². The molecule has 1 N–H and O–H groups in total. The first-order chi connectivity index (χ1) is 10.2. The fraction of sp³-hybridized carbons (Fsp3) is 0.389. The standard InChI is InChI=1S/C18H24N2O/c1-4-7-19-12-17-9-14(2)18(15(3)10-17)21-13-16-6-5-8-20-11-16/h5-6,8-11,19H,4,7,12-13H2,1-3H3. The average Bonchev–Trinajstić information content (AvgIpc) is 2.48. The van der Waals surface area contributed by atoms with E-state index in [2.05, 4.69) is 43.2 Å². The Labute approximate surface area is 127 Å². The second kappa shape index (κ2) is 7.79. The van der Waals surface area contributed by atoms with Crippen LogP contribution in [0.25, 0.3) is 0 Å². The maximum absolute atomic E-state index is 5.97. The first-order valence-corrected chi connectivity index (χ1v) is 7.53. The van der Waals surface area contributed by atoms with E-state index in [4.69, 9.17) is 4.74 Å². The number of nitrogens with one attached hydrogen (secondary N) is 1. The van der Waals surface area contributed by atoms with E-state index in [1.165, 1.54) is 16.7 Å². The predicted octanol–water partition coefficient (Wildman–Crippen LogP) is 3.78. The molecular formula is C18H24N2O. The summed E-state index contributed by atoms with van der Waals surface area (Å²) in [6, 6.07) is 8.37. The van der Waals surface area contributed by atoms with E-state index in [-0.39, 0.29) is 0 Å². The van der Waals surface area contributed by atoms with Gasteiger partial charge in [0.1, 0.15) is 12.4 Å². The lowest BCUT2D eigenvalue weighted by molar-refractivity contribution is 0.301. The van der Waals surface area contributed by atoms with E-state index in [9.17, 15) is 0 Å². The van der Waals surface area contributed by atoms with Crippen LogP contribution in [0.2, 0.25) is 0 Å². The second-order valence-corrected chi connectivity index (χ2v) is 5.39. The van der Waals surface area contributed by atoms with Crippen molar-refractivity contribution in [2.75, 3.05) is 6.54 Å². The van der Waals surface area contributed by atoms with Crippen molar-refractivity contribution in [3.63, 3.8) is 0 Å². The molecule has 0 unspecified atom stereocenters. The number of ether oxygens (including phenoxy) is 1. The highest BCUT2D eigenvalue weighted by molar-refractivity contribution is 5.43. The Bertz CT molecular complexity index is 544. The summed E-state index contributed by atoms with van der Waals surface area (Å²) in [5.41, 5.74) is 4.77. The normalized spacial score (nSPS) is 10.6. The minimum atomic E-state index is 0.558. The molecule has 0 fully saturated rings. The molecule has 0 radical (unpaired) electrons. The topological polar surface area (TPSA) is 34.1 Å². The molecule has 1 heterocycles. The third-order valence-corrected chi connectivity index (χ3v) is 3.38. The second-order valence-electron chi connectivity index (χ2n) is 5.39. The van der Waals surface area contributed by atoms with Gasteiger partial charge in [-0.15, -0.1) is 0 Å². The SMILES string of the molecule is CCCNCc1cc(C)c(OCc2cccnc2)c(C)c1. The summed E-state index contributed by atoms with van der Waals surface area (Å²) in [4.78, 5) is 4.11. The van der Waals surface area contributed by atoms with E-state index in [0.29, 0.717) is 6.61 Å². The van der Waals surface area contributed by atoms with E-state index >= 15 is 0 Å². The van der Waals surface area contributed by atoms with Crippen molar-refractivity contribution in [2.24, 2.45) is 0 Å². The quantitative estimate of drug-likeness (QED) is 0.786. The largest absolute Gasteiger partial charge is 0.488 e. The van der Waals surface area contributed by atoms with Gasteiger partial charge in [-0.05, 0) is 49.6 Å². The molecule has 0 amide bonds. The van der Waals surface area contributed by atoms with Gasteiger partial charge in [-0.1, -0.05) is 25.1 Å². The predicted molar refractivity (Wildman–Crippen MR) is 86.5 cm³/mol. The smallest absolute Gasteiger partial charge is 0.125 e. The maximum atomic E-state index is 5.97. The van der Waals surface area contributed by atoms with Crippen molar-refractivity contribution in [1.29, 1.82) is 0 Å². The molecule has 0 bridgehead atoms. The number of pyridine rings is 1. The van der Waals surface area contributed by atoms with Gasteiger partial charge in [-0.25, -0.2) is 0 Å². The molecule has 0 aliphatic rings. The van der Waals surface area contributed by atoms with E-state index in [0.717, 1.165) is 30.8 Å². The van der Waals surface area contributed by atoms with Crippen molar-refractivity contribution < 1.29 is 4.74 Å². The van der Waals surface area contributed by atoms with Gasteiger partial charge in [0.15, 0.2) is 0 Å². The van der Waals surface area contributed by atoms with Crippen LogP contribution >= 0.6 is 0 Å². The molecule has 1 aromatic carbocycles. The molecule has 0 atom stereocenters.